The Labute approximate surface area is 204 Å². The van der Waals surface area contributed by atoms with Gasteiger partial charge in [-0.25, -0.2) is 8.42 Å². The van der Waals surface area contributed by atoms with Gasteiger partial charge in [-0.1, -0.05) is 35.9 Å². The molecule has 2 aromatic rings. The number of anilines is 1. The molecule has 34 heavy (non-hydrogen) atoms. The van der Waals surface area contributed by atoms with Crippen LogP contribution in [-0.2, 0) is 26.2 Å². The Morgan fingerprint density at radius 1 is 0.971 bits per heavy atom. The summed E-state index contributed by atoms with van der Waals surface area (Å²) in [5.41, 5.74) is 4.59. The van der Waals surface area contributed by atoms with E-state index in [1.165, 1.54) is 10.6 Å². The van der Waals surface area contributed by atoms with Crippen LogP contribution >= 0.6 is 0 Å². The lowest BCUT2D eigenvalue weighted by Crippen LogP contribution is -2.47. The molecule has 7 nitrogen and oxygen atoms in total. The van der Waals surface area contributed by atoms with Crippen LogP contribution in [0.15, 0.2) is 42.5 Å². The van der Waals surface area contributed by atoms with E-state index in [1.54, 1.807) is 11.8 Å². The van der Waals surface area contributed by atoms with Crippen LogP contribution in [0.4, 0.5) is 5.69 Å². The van der Waals surface area contributed by atoms with Crippen LogP contribution in [0.1, 0.15) is 48.9 Å². The van der Waals surface area contributed by atoms with Crippen LogP contribution in [0, 0.1) is 20.8 Å². The third-order valence-electron chi connectivity index (χ3n) is 5.64. The van der Waals surface area contributed by atoms with Crippen molar-refractivity contribution >= 4 is 27.5 Å². The van der Waals surface area contributed by atoms with Crippen molar-refractivity contribution in [1.82, 2.24) is 10.2 Å². The van der Waals surface area contributed by atoms with Crippen molar-refractivity contribution in [2.24, 2.45) is 0 Å². The molecule has 0 aliphatic carbocycles. The second-order valence-corrected chi connectivity index (χ2v) is 10.8. The fraction of sp³-hybridized carbons (Fsp3) is 0.462. The molecule has 2 aromatic carbocycles. The molecule has 186 valence electrons. The maximum Gasteiger partial charge on any atom is 0.242 e. The highest BCUT2D eigenvalue weighted by Crippen LogP contribution is 2.22. The molecule has 0 unspecified atom stereocenters. The van der Waals surface area contributed by atoms with Crippen LogP contribution in [0.3, 0.4) is 0 Å². The average molecular weight is 488 g/mol. The molecule has 0 saturated heterocycles. The van der Waals surface area contributed by atoms with E-state index in [-0.39, 0.29) is 24.8 Å². The Kier molecular flexibility index (Phi) is 9.67. The van der Waals surface area contributed by atoms with E-state index in [2.05, 4.69) is 5.32 Å². The summed E-state index contributed by atoms with van der Waals surface area (Å²) in [5, 5.41) is 2.78. The number of benzene rings is 2. The third kappa shape index (κ3) is 7.87. The first-order valence-electron chi connectivity index (χ1n) is 11.6. The molecular formula is C26H37N3O4S. The quantitative estimate of drug-likeness (QED) is 0.523. The molecule has 0 aromatic heterocycles. The van der Waals surface area contributed by atoms with E-state index in [9.17, 15) is 18.0 Å². The normalized spacial score (nSPS) is 12.2. The first kappa shape index (κ1) is 27.4. The molecule has 8 heteroatoms. The van der Waals surface area contributed by atoms with E-state index in [4.69, 9.17) is 0 Å². The van der Waals surface area contributed by atoms with Crippen molar-refractivity contribution in [1.29, 1.82) is 0 Å². The van der Waals surface area contributed by atoms with Crippen LogP contribution in [0.5, 0.6) is 0 Å². The van der Waals surface area contributed by atoms with Gasteiger partial charge in [0, 0.05) is 26.1 Å². The summed E-state index contributed by atoms with van der Waals surface area (Å²) in [6.45, 7) is 10.4. The van der Waals surface area contributed by atoms with Crippen molar-refractivity contribution in [3.63, 3.8) is 0 Å². The van der Waals surface area contributed by atoms with Gasteiger partial charge >= 0.3 is 0 Å². The van der Waals surface area contributed by atoms with Crippen molar-refractivity contribution in [3.8, 4) is 0 Å². The number of sulfonamides is 1. The molecule has 0 radical (unpaired) electrons. The number of amides is 2. The Morgan fingerprint density at radius 3 is 2.09 bits per heavy atom. The van der Waals surface area contributed by atoms with E-state index >= 15 is 0 Å². The Morgan fingerprint density at radius 2 is 1.56 bits per heavy atom. The van der Waals surface area contributed by atoms with Crippen molar-refractivity contribution < 1.29 is 18.0 Å². The molecule has 1 atom stereocenters. The zero-order valence-corrected chi connectivity index (χ0v) is 21.9. The number of carbonyl (C=O) groups is 2. The lowest BCUT2D eigenvalue weighted by atomic mass is 10.1. The molecule has 0 heterocycles. The number of aryl methyl sites for hydroxylation is 3. The minimum absolute atomic E-state index is 0.131. The zero-order valence-electron chi connectivity index (χ0n) is 21.1. The van der Waals surface area contributed by atoms with Crippen LogP contribution < -0.4 is 9.62 Å². The number of rotatable bonds is 11. The molecule has 0 aliphatic heterocycles. The fourth-order valence-corrected chi connectivity index (χ4v) is 4.84. The SMILES string of the molecule is CCNC(=O)[C@H](C)N(Cc1ccc(C)cc1)C(=O)CCCN(c1cc(C)cc(C)c1)S(C)(=O)=O. The number of likely N-dealkylation sites (N-methyl/N-ethyl adjacent to an activating group) is 1. The van der Waals surface area contributed by atoms with Crippen LogP contribution in [0.25, 0.3) is 0 Å². The van der Waals surface area contributed by atoms with Gasteiger partial charge in [-0.15, -0.1) is 0 Å². The van der Waals surface area contributed by atoms with E-state index in [1.807, 2.05) is 70.2 Å². The van der Waals surface area contributed by atoms with Gasteiger partial charge in [0.2, 0.25) is 21.8 Å². The number of hydrogen-bond donors (Lipinski definition) is 1. The minimum atomic E-state index is -3.52. The van der Waals surface area contributed by atoms with Crippen molar-refractivity contribution in [2.45, 2.75) is 60.0 Å². The monoisotopic (exact) mass is 487 g/mol. The molecule has 0 spiro atoms. The standard InChI is InChI=1S/C26H37N3O4S/c1-7-27-26(31)22(5)28(18-23-12-10-19(2)11-13-23)25(30)9-8-14-29(34(6,32)33)24-16-20(3)15-21(4)17-24/h10-13,15-17,22H,7-9,14,18H2,1-6H3,(H,27,31)/t22-/m0/s1. The molecule has 0 aliphatic rings. The summed E-state index contributed by atoms with van der Waals surface area (Å²) in [6.07, 6.45) is 1.64. The highest BCUT2D eigenvalue weighted by Gasteiger charge is 2.26. The summed E-state index contributed by atoms with van der Waals surface area (Å²) in [4.78, 5) is 27.3. The van der Waals surface area contributed by atoms with Gasteiger partial charge in [-0.2, -0.15) is 0 Å². The highest BCUT2D eigenvalue weighted by atomic mass is 32.2. The van der Waals surface area contributed by atoms with Crippen molar-refractivity contribution in [2.75, 3.05) is 23.7 Å². The Balaban J connectivity index is 2.17. The molecule has 0 saturated carbocycles. The summed E-state index contributed by atoms with van der Waals surface area (Å²) in [5.74, 6) is -0.399. The first-order valence-corrected chi connectivity index (χ1v) is 13.5. The summed E-state index contributed by atoms with van der Waals surface area (Å²) in [6, 6.07) is 12.9. The van der Waals surface area contributed by atoms with Gasteiger partial charge in [0.1, 0.15) is 6.04 Å². The summed E-state index contributed by atoms with van der Waals surface area (Å²) in [7, 11) is -3.52. The van der Waals surface area contributed by atoms with E-state index in [0.717, 1.165) is 22.3 Å². The molecule has 2 amide bonds. The number of nitrogens with one attached hydrogen (secondary N) is 1. The van der Waals surface area contributed by atoms with Gasteiger partial charge in [-0.3, -0.25) is 13.9 Å². The maximum absolute atomic E-state index is 13.2. The second-order valence-electron chi connectivity index (χ2n) is 8.86. The fourth-order valence-electron chi connectivity index (χ4n) is 3.89. The minimum Gasteiger partial charge on any atom is -0.355 e. The molecule has 2 rings (SSSR count). The Hall–Kier alpha value is -2.87. The van der Waals surface area contributed by atoms with Crippen LogP contribution in [-0.4, -0.2) is 50.5 Å². The van der Waals surface area contributed by atoms with Crippen molar-refractivity contribution in [3.05, 3.63) is 64.7 Å². The maximum atomic E-state index is 13.2. The zero-order chi connectivity index (χ0) is 25.5. The van der Waals surface area contributed by atoms with Crippen LogP contribution in [0.2, 0.25) is 0 Å². The average Bonchev–Trinajstić information content (AvgIpc) is 2.74. The number of carbonyl (C=O) groups excluding carboxylic acids is 2. The Bertz CT molecular complexity index is 1080. The molecule has 1 N–H and O–H groups in total. The number of nitrogens with zero attached hydrogens (tertiary/aromatic N) is 2. The summed E-state index contributed by atoms with van der Waals surface area (Å²) < 4.78 is 26.3. The smallest absolute Gasteiger partial charge is 0.242 e. The highest BCUT2D eigenvalue weighted by molar-refractivity contribution is 7.92. The topological polar surface area (TPSA) is 86.8 Å². The molecule has 0 bridgehead atoms. The lowest BCUT2D eigenvalue weighted by Gasteiger charge is -2.29. The number of hydrogen-bond acceptors (Lipinski definition) is 4. The summed E-state index contributed by atoms with van der Waals surface area (Å²) >= 11 is 0. The third-order valence-corrected chi connectivity index (χ3v) is 6.83. The first-order chi connectivity index (χ1) is 15.9. The predicted octanol–water partition coefficient (Wildman–Crippen LogP) is 3.71. The van der Waals surface area contributed by atoms with E-state index in [0.29, 0.717) is 25.2 Å². The van der Waals surface area contributed by atoms with Gasteiger partial charge in [-0.05, 0) is 69.9 Å². The predicted molar refractivity (Wildman–Crippen MR) is 137 cm³/mol. The molecular weight excluding hydrogens is 450 g/mol. The largest absolute Gasteiger partial charge is 0.355 e. The van der Waals surface area contributed by atoms with E-state index < -0.39 is 16.1 Å². The van der Waals surface area contributed by atoms with Gasteiger partial charge < -0.3 is 10.2 Å². The van der Waals surface area contributed by atoms with Gasteiger partial charge in [0.25, 0.3) is 0 Å². The van der Waals surface area contributed by atoms with Gasteiger partial charge in [0.15, 0.2) is 0 Å². The van der Waals surface area contributed by atoms with Gasteiger partial charge in [0.05, 0.1) is 11.9 Å². The molecule has 0 fully saturated rings. The second kappa shape index (κ2) is 12.0. The lowest BCUT2D eigenvalue weighted by molar-refractivity contribution is -0.140.